The Balaban J connectivity index is 2.63. The summed E-state index contributed by atoms with van der Waals surface area (Å²) in [7, 11) is 0. The van der Waals surface area contributed by atoms with Crippen LogP contribution in [0.25, 0.3) is 11.3 Å². The Morgan fingerprint density at radius 2 is 1.88 bits per heavy atom. The fraction of sp³-hybridized carbons (Fsp3) is 0. The molecule has 2 rings (SSSR count). The van der Waals surface area contributed by atoms with Crippen molar-refractivity contribution in [3.05, 3.63) is 51.5 Å². The maximum Gasteiger partial charge on any atom is 0.168 e. The molecule has 0 N–H and O–H groups in total. The van der Waals surface area contributed by atoms with Gasteiger partial charge in [-0.1, -0.05) is 6.07 Å². The highest BCUT2D eigenvalue weighted by molar-refractivity contribution is 14.1. The molecule has 0 saturated heterocycles. The van der Waals surface area contributed by atoms with Crippen LogP contribution >= 0.6 is 22.6 Å². The molecule has 2 aromatic rings. The van der Waals surface area contributed by atoms with Crippen molar-refractivity contribution in [3.63, 3.8) is 0 Å². The highest BCUT2D eigenvalue weighted by Gasteiger charge is 2.13. The van der Waals surface area contributed by atoms with Gasteiger partial charge < -0.3 is 0 Å². The number of halogens is 4. The first-order chi connectivity index (χ1) is 7.59. The highest BCUT2D eigenvalue weighted by Crippen LogP contribution is 2.26. The van der Waals surface area contributed by atoms with Gasteiger partial charge in [-0.15, -0.1) is 0 Å². The second kappa shape index (κ2) is 4.40. The quantitative estimate of drug-likeness (QED) is 0.723. The first-order valence-electron chi connectivity index (χ1n) is 4.35. The lowest BCUT2D eigenvalue weighted by Crippen LogP contribution is -1.95. The van der Waals surface area contributed by atoms with Crippen LogP contribution in [0.1, 0.15) is 0 Å². The van der Waals surface area contributed by atoms with Crippen molar-refractivity contribution in [1.29, 1.82) is 0 Å². The van der Waals surface area contributed by atoms with Crippen molar-refractivity contribution >= 4 is 22.6 Å². The van der Waals surface area contributed by atoms with Crippen molar-refractivity contribution in [2.45, 2.75) is 0 Å². The van der Waals surface area contributed by atoms with Gasteiger partial charge in [-0.2, -0.15) is 0 Å². The second-order valence-electron chi connectivity index (χ2n) is 3.09. The van der Waals surface area contributed by atoms with E-state index in [1.807, 2.05) is 22.6 Å². The predicted octanol–water partition coefficient (Wildman–Crippen LogP) is 3.77. The largest absolute Gasteiger partial charge is 0.252 e. The Labute approximate surface area is 103 Å². The van der Waals surface area contributed by atoms with E-state index in [2.05, 4.69) is 4.98 Å². The Morgan fingerprint density at radius 3 is 2.56 bits per heavy atom. The van der Waals surface area contributed by atoms with Gasteiger partial charge in [0, 0.05) is 9.13 Å². The minimum Gasteiger partial charge on any atom is -0.252 e. The van der Waals surface area contributed by atoms with Crippen molar-refractivity contribution in [2.24, 2.45) is 0 Å². The van der Waals surface area contributed by atoms with Gasteiger partial charge in [-0.05, 0) is 40.8 Å². The summed E-state index contributed by atoms with van der Waals surface area (Å²) in [5.41, 5.74) is 0.267. The molecule has 0 bridgehead atoms. The van der Waals surface area contributed by atoms with E-state index in [1.54, 1.807) is 0 Å². The summed E-state index contributed by atoms with van der Waals surface area (Å²) in [6, 6.07) is 5.03. The predicted molar refractivity (Wildman–Crippen MR) is 62.3 cm³/mol. The fourth-order valence-corrected chi connectivity index (χ4v) is 2.03. The first-order valence-corrected chi connectivity index (χ1v) is 5.43. The molecule has 0 amide bonds. The zero-order valence-electron chi connectivity index (χ0n) is 7.85. The summed E-state index contributed by atoms with van der Waals surface area (Å²) < 4.78 is 39.7. The zero-order valence-corrected chi connectivity index (χ0v) is 10.0. The van der Waals surface area contributed by atoms with E-state index < -0.39 is 17.5 Å². The fourth-order valence-electron chi connectivity index (χ4n) is 1.30. The Morgan fingerprint density at radius 1 is 1.12 bits per heavy atom. The van der Waals surface area contributed by atoms with Crippen LogP contribution < -0.4 is 0 Å². The van der Waals surface area contributed by atoms with Crippen LogP contribution in [0.15, 0.2) is 30.5 Å². The van der Waals surface area contributed by atoms with Crippen molar-refractivity contribution in [3.8, 4) is 11.3 Å². The zero-order chi connectivity index (χ0) is 11.7. The summed E-state index contributed by atoms with van der Waals surface area (Å²) in [4.78, 5) is 3.76. The molecule has 1 nitrogen and oxygen atoms in total. The maximum atomic E-state index is 13.5. The first kappa shape index (κ1) is 11.4. The topological polar surface area (TPSA) is 12.9 Å². The van der Waals surface area contributed by atoms with Crippen LogP contribution in [0.2, 0.25) is 0 Å². The number of pyridine rings is 1. The SMILES string of the molecule is Fc1cnc(-c2cccc(F)c2F)c(I)c1. The lowest BCUT2D eigenvalue weighted by Gasteiger charge is -2.05. The number of benzene rings is 1. The average Bonchev–Trinajstić information content (AvgIpc) is 2.23. The van der Waals surface area contributed by atoms with Crippen LogP contribution in [0.3, 0.4) is 0 Å². The Bertz CT molecular complexity index is 543. The third kappa shape index (κ3) is 2.04. The van der Waals surface area contributed by atoms with Crippen LogP contribution in [0, 0.1) is 21.0 Å². The molecule has 16 heavy (non-hydrogen) atoms. The van der Waals surface area contributed by atoms with Crippen LogP contribution in [0.5, 0.6) is 0 Å². The molecule has 5 heteroatoms. The Kier molecular flexibility index (Phi) is 3.13. The second-order valence-corrected chi connectivity index (χ2v) is 4.25. The Hall–Kier alpha value is -1.11. The standard InChI is InChI=1S/C11H5F3IN/c12-6-4-9(15)11(16-5-6)7-2-1-3-8(13)10(7)14/h1-5H. The van der Waals surface area contributed by atoms with Crippen LogP contribution in [-0.4, -0.2) is 4.98 Å². The van der Waals surface area contributed by atoms with Gasteiger partial charge in [0.25, 0.3) is 0 Å². The molecule has 0 fully saturated rings. The van der Waals surface area contributed by atoms with Gasteiger partial charge >= 0.3 is 0 Å². The molecule has 1 aromatic heterocycles. The lowest BCUT2D eigenvalue weighted by molar-refractivity contribution is 0.511. The van der Waals surface area contributed by atoms with Crippen LogP contribution in [0.4, 0.5) is 13.2 Å². The maximum absolute atomic E-state index is 13.5. The molecule has 0 spiro atoms. The molecule has 0 radical (unpaired) electrons. The van der Waals surface area contributed by atoms with Gasteiger partial charge in [0.1, 0.15) is 5.82 Å². The van der Waals surface area contributed by atoms with Crippen LogP contribution in [-0.2, 0) is 0 Å². The normalized spacial score (nSPS) is 10.5. The van der Waals surface area contributed by atoms with Gasteiger partial charge in [0.2, 0.25) is 0 Å². The van der Waals surface area contributed by atoms with E-state index in [-0.39, 0.29) is 11.3 Å². The molecule has 1 heterocycles. The number of rotatable bonds is 1. The summed E-state index contributed by atoms with van der Waals surface area (Å²) >= 11 is 1.83. The minimum atomic E-state index is -0.973. The number of nitrogens with zero attached hydrogens (tertiary/aromatic N) is 1. The molecule has 0 aliphatic heterocycles. The van der Waals surface area contributed by atoms with Crippen molar-refractivity contribution in [1.82, 2.24) is 4.98 Å². The molecule has 82 valence electrons. The number of hydrogen-bond donors (Lipinski definition) is 0. The molecular weight excluding hydrogens is 330 g/mol. The molecule has 0 aliphatic carbocycles. The molecular formula is C11H5F3IN. The molecule has 0 atom stereocenters. The van der Waals surface area contributed by atoms with Gasteiger partial charge in [0.15, 0.2) is 11.6 Å². The molecule has 1 aromatic carbocycles. The summed E-state index contributed by atoms with van der Waals surface area (Å²) in [6.07, 6.45) is 0.974. The smallest absolute Gasteiger partial charge is 0.168 e. The monoisotopic (exact) mass is 335 g/mol. The number of aromatic nitrogens is 1. The van der Waals surface area contributed by atoms with Gasteiger partial charge in [-0.3, -0.25) is 4.98 Å². The average molecular weight is 335 g/mol. The lowest BCUT2D eigenvalue weighted by atomic mass is 10.1. The number of hydrogen-bond acceptors (Lipinski definition) is 1. The summed E-state index contributed by atoms with van der Waals surface area (Å²) in [5, 5.41) is 0. The van der Waals surface area contributed by atoms with E-state index in [4.69, 9.17) is 0 Å². The van der Waals surface area contributed by atoms with E-state index in [9.17, 15) is 13.2 Å². The van der Waals surface area contributed by atoms with Gasteiger partial charge in [0.05, 0.1) is 11.9 Å². The van der Waals surface area contributed by atoms with Crippen molar-refractivity contribution < 1.29 is 13.2 Å². The molecule has 0 unspecified atom stereocenters. The highest BCUT2D eigenvalue weighted by atomic mass is 127. The van der Waals surface area contributed by atoms with Crippen molar-refractivity contribution in [2.75, 3.05) is 0 Å². The third-order valence-electron chi connectivity index (χ3n) is 2.01. The van der Waals surface area contributed by atoms with E-state index in [0.29, 0.717) is 3.57 Å². The van der Waals surface area contributed by atoms with E-state index in [0.717, 1.165) is 12.3 Å². The third-order valence-corrected chi connectivity index (χ3v) is 2.84. The summed E-state index contributed by atoms with van der Waals surface area (Å²) in [6.45, 7) is 0. The minimum absolute atomic E-state index is 0.0319. The summed E-state index contributed by atoms with van der Waals surface area (Å²) in [5.74, 6) is -2.43. The van der Waals surface area contributed by atoms with E-state index in [1.165, 1.54) is 18.2 Å². The van der Waals surface area contributed by atoms with E-state index >= 15 is 0 Å². The molecule has 0 saturated carbocycles. The molecule has 0 aliphatic rings. The van der Waals surface area contributed by atoms with Gasteiger partial charge in [-0.25, -0.2) is 13.2 Å².